The molecule has 1 aromatic heterocycles. The molecule has 0 spiro atoms. The van der Waals surface area contributed by atoms with Gasteiger partial charge in [-0.25, -0.2) is 9.88 Å². The fourth-order valence-electron chi connectivity index (χ4n) is 2.52. The van der Waals surface area contributed by atoms with Gasteiger partial charge in [-0.05, 0) is 36.8 Å². The van der Waals surface area contributed by atoms with Gasteiger partial charge in [0.05, 0.1) is 20.8 Å². The van der Waals surface area contributed by atoms with E-state index in [0.29, 0.717) is 10.6 Å². The topological polar surface area (TPSA) is 50.3 Å². The number of aromatic nitrogens is 1. The Balaban J connectivity index is 1.62. The second-order valence-corrected chi connectivity index (χ2v) is 7.70. The molecule has 0 fully saturated rings. The van der Waals surface area contributed by atoms with Gasteiger partial charge >= 0.3 is 0 Å². The minimum absolute atomic E-state index is 0.296. The van der Waals surface area contributed by atoms with Gasteiger partial charge in [0.1, 0.15) is 0 Å². The summed E-state index contributed by atoms with van der Waals surface area (Å²) in [5, 5.41) is 0. The van der Waals surface area contributed by atoms with E-state index in [4.69, 9.17) is 0 Å². The van der Waals surface area contributed by atoms with E-state index in [9.17, 15) is 9.59 Å². The summed E-state index contributed by atoms with van der Waals surface area (Å²) in [6, 6.07) is 15.2. The molecule has 0 atom stereocenters. The van der Waals surface area contributed by atoms with Crippen LogP contribution >= 0.6 is 23.1 Å². The molecule has 2 amide bonds. The first-order valence-corrected chi connectivity index (χ1v) is 8.95. The summed E-state index contributed by atoms with van der Waals surface area (Å²) in [5.41, 5.74) is 2.50. The van der Waals surface area contributed by atoms with Gasteiger partial charge in [0, 0.05) is 6.08 Å². The van der Waals surface area contributed by atoms with Crippen LogP contribution in [0.2, 0.25) is 0 Å². The third-order valence-electron chi connectivity index (χ3n) is 3.62. The van der Waals surface area contributed by atoms with Gasteiger partial charge in [0.15, 0.2) is 4.34 Å². The number of benzene rings is 2. The number of anilines is 1. The lowest BCUT2D eigenvalue weighted by Crippen LogP contribution is -2.30. The zero-order valence-electron chi connectivity index (χ0n) is 12.7. The predicted molar refractivity (Wildman–Crippen MR) is 97.2 cm³/mol. The lowest BCUT2D eigenvalue weighted by atomic mass is 10.2. The SMILES string of the molecule is Cc1cccc(N2C(=O)C=C(Sc3nc4ccccc4s3)C2=O)c1. The van der Waals surface area contributed by atoms with Crippen LogP contribution in [0.25, 0.3) is 10.2 Å². The van der Waals surface area contributed by atoms with Crippen LogP contribution < -0.4 is 4.90 Å². The number of nitrogens with zero attached hydrogens (tertiary/aromatic N) is 2. The molecule has 0 aliphatic carbocycles. The zero-order valence-corrected chi connectivity index (χ0v) is 14.4. The third kappa shape index (κ3) is 2.64. The van der Waals surface area contributed by atoms with Gasteiger partial charge in [-0.3, -0.25) is 9.59 Å². The van der Waals surface area contributed by atoms with Gasteiger partial charge in [-0.15, -0.1) is 11.3 Å². The number of para-hydroxylation sites is 1. The molecule has 0 N–H and O–H groups in total. The van der Waals surface area contributed by atoms with E-state index < -0.39 is 0 Å². The van der Waals surface area contributed by atoms with Crippen LogP contribution in [0.4, 0.5) is 5.69 Å². The number of hydrogen-bond donors (Lipinski definition) is 0. The molecule has 1 aliphatic rings. The van der Waals surface area contributed by atoms with Crippen LogP contribution in [0.3, 0.4) is 0 Å². The van der Waals surface area contributed by atoms with E-state index in [0.717, 1.165) is 20.1 Å². The van der Waals surface area contributed by atoms with E-state index in [-0.39, 0.29) is 11.8 Å². The first-order valence-electron chi connectivity index (χ1n) is 7.32. The van der Waals surface area contributed by atoms with Crippen molar-refractivity contribution in [1.82, 2.24) is 4.98 Å². The second-order valence-electron chi connectivity index (χ2n) is 5.38. The number of rotatable bonds is 3. The van der Waals surface area contributed by atoms with Crippen molar-refractivity contribution in [2.45, 2.75) is 11.3 Å². The highest BCUT2D eigenvalue weighted by Gasteiger charge is 2.33. The number of carbonyl (C=O) groups excluding carboxylic acids is 2. The maximum atomic E-state index is 12.6. The summed E-state index contributed by atoms with van der Waals surface area (Å²) < 4.78 is 1.82. The van der Waals surface area contributed by atoms with Crippen LogP contribution in [0, 0.1) is 6.92 Å². The van der Waals surface area contributed by atoms with Gasteiger partial charge in [-0.2, -0.15) is 0 Å². The van der Waals surface area contributed by atoms with Crippen molar-refractivity contribution in [2.24, 2.45) is 0 Å². The maximum Gasteiger partial charge on any atom is 0.272 e. The highest BCUT2D eigenvalue weighted by atomic mass is 32.2. The molecule has 4 nitrogen and oxygen atoms in total. The Morgan fingerprint density at radius 3 is 2.71 bits per heavy atom. The van der Waals surface area contributed by atoms with Crippen LogP contribution in [0.5, 0.6) is 0 Å². The number of hydrogen-bond acceptors (Lipinski definition) is 5. The number of thioether (sulfide) groups is 1. The van der Waals surface area contributed by atoms with Crippen molar-refractivity contribution >= 4 is 50.8 Å². The molecular formula is C18H12N2O2S2. The fourth-order valence-corrected chi connectivity index (χ4v) is 4.59. The third-order valence-corrected chi connectivity index (χ3v) is 5.73. The van der Waals surface area contributed by atoms with Crippen LogP contribution in [0.15, 0.2) is 63.9 Å². The summed E-state index contributed by atoms with van der Waals surface area (Å²) in [4.78, 5) is 31.0. The number of amides is 2. The summed E-state index contributed by atoms with van der Waals surface area (Å²) in [6.07, 6.45) is 1.39. The fraction of sp³-hybridized carbons (Fsp3) is 0.0556. The van der Waals surface area contributed by atoms with Crippen LogP contribution in [-0.2, 0) is 9.59 Å². The molecule has 0 saturated carbocycles. The van der Waals surface area contributed by atoms with E-state index in [1.807, 2.05) is 49.4 Å². The lowest BCUT2D eigenvalue weighted by Gasteiger charge is -2.14. The van der Waals surface area contributed by atoms with Gasteiger partial charge in [0.25, 0.3) is 11.8 Å². The molecule has 4 rings (SSSR count). The van der Waals surface area contributed by atoms with E-state index in [2.05, 4.69) is 4.98 Å². The number of aryl methyl sites for hydroxylation is 1. The van der Waals surface area contributed by atoms with Crippen molar-refractivity contribution < 1.29 is 9.59 Å². The van der Waals surface area contributed by atoms with Gasteiger partial charge in [0.2, 0.25) is 0 Å². The summed E-state index contributed by atoms with van der Waals surface area (Å²) in [5.74, 6) is -0.607. The quantitative estimate of drug-likeness (QED) is 0.664. The van der Waals surface area contributed by atoms with Gasteiger partial charge < -0.3 is 0 Å². The largest absolute Gasteiger partial charge is 0.272 e. The highest BCUT2D eigenvalue weighted by molar-refractivity contribution is 8.05. The Bertz CT molecular complexity index is 974. The van der Waals surface area contributed by atoms with Crippen LogP contribution in [-0.4, -0.2) is 16.8 Å². The molecule has 118 valence electrons. The van der Waals surface area contributed by atoms with Crippen molar-refractivity contribution in [1.29, 1.82) is 0 Å². The second kappa shape index (κ2) is 5.89. The Labute approximate surface area is 146 Å². The number of imide groups is 1. The summed E-state index contributed by atoms with van der Waals surface area (Å²) >= 11 is 2.76. The number of carbonyl (C=O) groups is 2. The molecule has 2 heterocycles. The lowest BCUT2D eigenvalue weighted by molar-refractivity contribution is -0.120. The predicted octanol–water partition coefficient (Wildman–Crippen LogP) is 4.15. The Hall–Kier alpha value is -2.44. The monoisotopic (exact) mass is 352 g/mol. The average molecular weight is 352 g/mol. The molecule has 2 aromatic carbocycles. The molecule has 0 saturated heterocycles. The standard InChI is InChI=1S/C18H12N2O2S2/c1-11-5-4-6-12(9-11)20-16(21)10-15(17(20)22)24-18-19-13-7-2-3-8-14(13)23-18/h2-10H,1H3. The average Bonchev–Trinajstić information content (AvgIpc) is 3.08. The zero-order chi connectivity index (χ0) is 16.7. The number of thiazole rings is 1. The minimum atomic E-state index is -0.311. The Kier molecular flexibility index (Phi) is 3.70. The normalized spacial score (nSPS) is 14.5. The molecule has 3 aromatic rings. The van der Waals surface area contributed by atoms with E-state index >= 15 is 0 Å². The van der Waals surface area contributed by atoms with Crippen molar-refractivity contribution in [2.75, 3.05) is 4.90 Å². The Morgan fingerprint density at radius 2 is 1.92 bits per heavy atom. The smallest absolute Gasteiger partial charge is 0.269 e. The van der Waals surface area contributed by atoms with Crippen molar-refractivity contribution in [3.05, 3.63) is 65.1 Å². The number of fused-ring (bicyclic) bond motifs is 1. The van der Waals surface area contributed by atoms with Gasteiger partial charge in [-0.1, -0.05) is 36.0 Å². The van der Waals surface area contributed by atoms with Crippen LogP contribution in [0.1, 0.15) is 5.56 Å². The Morgan fingerprint density at radius 1 is 1.08 bits per heavy atom. The molecular weight excluding hydrogens is 340 g/mol. The minimum Gasteiger partial charge on any atom is -0.269 e. The molecule has 1 aliphatic heterocycles. The molecule has 6 heteroatoms. The van der Waals surface area contributed by atoms with E-state index in [1.165, 1.54) is 34.1 Å². The van der Waals surface area contributed by atoms with Crippen molar-refractivity contribution in [3.63, 3.8) is 0 Å². The molecule has 24 heavy (non-hydrogen) atoms. The first-order chi connectivity index (χ1) is 11.6. The summed E-state index contributed by atoms with van der Waals surface area (Å²) in [6.45, 7) is 1.93. The highest BCUT2D eigenvalue weighted by Crippen LogP contribution is 2.37. The van der Waals surface area contributed by atoms with E-state index in [1.54, 1.807) is 6.07 Å². The molecule has 0 radical (unpaired) electrons. The maximum absolute atomic E-state index is 12.6. The van der Waals surface area contributed by atoms with Crippen molar-refractivity contribution in [3.8, 4) is 0 Å². The summed E-state index contributed by atoms with van der Waals surface area (Å²) in [7, 11) is 0. The first kappa shape index (κ1) is 15.1. The molecule has 0 unspecified atom stereocenters. The molecule has 0 bridgehead atoms.